The molecule has 3 atom stereocenters. The van der Waals surface area contributed by atoms with Crippen LogP contribution in [0.3, 0.4) is 0 Å². The van der Waals surface area contributed by atoms with Gasteiger partial charge in [-0.2, -0.15) is 0 Å². The third kappa shape index (κ3) is 5.59. The summed E-state index contributed by atoms with van der Waals surface area (Å²) in [6.07, 6.45) is 7.90. The number of hydrogen-bond donors (Lipinski definition) is 3. The quantitative estimate of drug-likeness (QED) is 0.409. The van der Waals surface area contributed by atoms with E-state index in [9.17, 15) is 4.57 Å². The van der Waals surface area contributed by atoms with Crippen molar-refractivity contribution in [2.75, 3.05) is 6.61 Å². The first-order valence-electron chi connectivity index (χ1n) is 12.2. The smallest absolute Gasteiger partial charge is 0.323 e. The Bertz CT molecular complexity index is 1230. The maximum Gasteiger partial charge on any atom is 0.469 e. The van der Waals surface area contributed by atoms with Crippen LogP contribution in [-0.2, 0) is 28.4 Å². The van der Waals surface area contributed by atoms with E-state index >= 15 is 0 Å². The van der Waals surface area contributed by atoms with Gasteiger partial charge in [-0.25, -0.2) is 4.57 Å². The number of rotatable bonds is 7. The van der Waals surface area contributed by atoms with Gasteiger partial charge in [0.05, 0.1) is 12.1 Å². The number of aryl methyl sites for hydroxylation is 2. The second-order valence-corrected chi connectivity index (χ2v) is 11.5. The summed E-state index contributed by atoms with van der Waals surface area (Å²) in [5, 5.41) is 1.19. The van der Waals surface area contributed by atoms with Crippen LogP contribution < -0.4 is 5.73 Å². The lowest BCUT2D eigenvalue weighted by atomic mass is 9.79. The largest absolute Gasteiger partial charge is 0.469 e. The Kier molecular flexibility index (Phi) is 6.62. The van der Waals surface area contributed by atoms with Crippen LogP contribution in [0.25, 0.3) is 10.9 Å². The molecule has 34 heavy (non-hydrogen) atoms. The summed E-state index contributed by atoms with van der Waals surface area (Å²) < 4.78 is 15.8. The van der Waals surface area contributed by atoms with E-state index in [2.05, 4.69) is 48.5 Å². The van der Waals surface area contributed by atoms with Gasteiger partial charge in [0.2, 0.25) is 0 Å². The minimum absolute atomic E-state index is 0.105. The molecule has 0 unspecified atom stereocenters. The first-order valence-corrected chi connectivity index (χ1v) is 13.7. The number of hydrogen-bond acceptors (Lipinski definition) is 4. The summed E-state index contributed by atoms with van der Waals surface area (Å²) in [7, 11) is -4.49. The Morgan fingerprint density at radius 1 is 1.09 bits per heavy atom. The van der Waals surface area contributed by atoms with Gasteiger partial charge in [-0.3, -0.25) is 9.51 Å². The predicted octanol–water partition coefficient (Wildman–Crippen LogP) is 5.05. The Hall–Kier alpha value is -2.08. The number of benzene rings is 2. The SMILES string of the molecule is N[C@]1(COP(=O)(O)O)CC[C@H](c2ccc3c(c2)CC[C@@H](CCc2ccc4ccccc4n2)C3)C1. The molecule has 2 aliphatic rings. The Morgan fingerprint density at radius 3 is 2.79 bits per heavy atom. The van der Waals surface area contributed by atoms with Crippen molar-refractivity contribution in [3.63, 3.8) is 0 Å². The molecule has 2 aliphatic carbocycles. The summed E-state index contributed by atoms with van der Waals surface area (Å²) in [4.78, 5) is 22.8. The van der Waals surface area contributed by atoms with Crippen molar-refractivity contribution < 1.29 is 18.9 Å². The molecule has 1 fully saturated rings. The van der Waals surface area contributed by atoms with Crippen molar-refractivity contribution in [2.24, 2.45) is 11.7 Å². The zero-order chi connectivity index (χ0) is 23.8. The highest BCUT2D eigenvalue weighted by Crippen LogP contribution is 2.44. The first kappa shape index (κ1) is 23.7. The predicted molar refractivity (Wildman–Crippen MR) is 134 cm³/mol. The summed E-state index contributed by atoms with van der Waals surface area (Å²) in [5.41, 5.74) is 12.1. The van der Waals surface area contributed by atoms with Crippen molar-refractivity contribution in [2.45, 2.75) is 62.8 Å². The highest BCUT2D eigenvalue weighted by atomic mass is 31.2. The molecule has 1 aromatic heterocycles. The molecular weight excluding hydrogens is 447 g/mol. The molecule has 0 bridgehead atoms. The van der Waals surface area contributed by atoms with Crippen molar-refractivity contribution in [3.05, 3.63) is 77.0 Å². The molecule has 2 aromatic carbocycles. The van der Waals surface area contributed by atoms with Crippen LogP contribution in [0, 0.1) is 5.92 Å². The van der Waals surface area contributed by atoms with Gasteiger partial charge < -0.3 is 15.5 Å². The average molecular weight is 481 g/mol. The number of fused-ring (bicyclic) bond motifs is 2. The van der Waals surface area contributed by atoms with Crippen LogP contribution in [0.4, 0.5) is 0 Å². The lowest BCUT2D eigenvalue weighted by Gasteiger charge is -2.27. The number of phosphoric ester groups is 1. The van der Waals surface area contributed by atoms with Crippen molar-refractivity contribution in [3.8, 4) is 0 Å². The number of phosphoric acid groups is 1. The van der Waals surface area contributed by atoms with Crippen LogP contribution in [0.2, 0.25) is 0 Å². The van der Waals surface area contributed by atoms with Gasteiger partial charge in [0, 0.05) is 16.6 Å². The molecule has 7 heteroatoms. The van der Waals surface area contributed by atoms with Crippen LogP contribution in [0.5, 0.6) is 0 Å². The molecule has 1 heterocycles. The molecule has 3 aromatic rings. The van der Waals surface area contributed by atoms with Crippen molar-refractivity contribution in [1.29, 1.82) is 0 Å². The summed E-state index contributed by atoms with van der Waals surface area (Å²) in [5.74, 6) is 0.993. The van der Waals surface area contributed by atoms with E-state index in [1.165, 1.54) is 34.2 Å². The standard InChI is InChI=1S/C27H33N2O4P/c28-27(18-33-34(30,31)32)14-13-24(17-27)23-9-8-21-15-19(5-7-22(21)16-23)6-11-25-12-10-20-3-1-2-4-26(20)29-25/h1-4,8-10,12,16,19,24H,5-7,11,13-15,17-18,28H2,(H2,30,31,32)/t19-,24-,27+/m0/s1. The molecule has 5 rings (SSSR count). The molecule has 0 saturated heterocycles. The fourth-order valence-electron chi connectivity index (χ4n) is 5.74. The molecule has 0 spiro atoms. The number of para-hydroxylation sites is 1. The monoisotopic (exact) mass is 480 g/mol. The van der Waals surface area contributed by atoms with Gasteiger partial charge in [0.25, 0.3) is 0 Å². The Morgan fingerprint density at radius 2 is 1.94 bits per heavy atom. The number of aromatic nitrogens is 1. The fourth-order valence-corrected chi connectivity index (χ4v) is 6.16. The first-order chi connectivity index (χ1) is 16.3. The Labute approximate surface area is 200 Å². The van der Waals surface area contributed by atoms with E-state index in [0.29, 0.717) is 24.7 Å². The summed E-state index contributed by atoms with van der Waals surface area (Å²) in [6, 6.07) is 19.5. The van der Waals surface area contributed by atoms with E-state index < -0.39 is 13.4 Å². The lowest BCUT2D eigenvalue weighted by Crippen LogP contribution is -2.41. The normalized spacial score (nSPS) is 24.9. The number of pyridine rings is 1. The number of nitrogens with zero attached hydrogens (tertiary/aromatic N) is 1. The highest BCUT2D eigenvalue weighted by Gasteiger charge is 2.38. The molecule has 0 aliphatic heterocycles. The molecule has 0 radical (unpaired) electrons. The number of nitrogens with two attached hydrogens (primary N) is 1. The van der Waals surface area contributed by atoms with Crippen LogP contribution in [0.15, 0.2) is 54.6 Å². The van der Waals surface area contributed by atoms with Gasteiger partial charge in [-0.1, -0.05) is 42.5 Å². The molecule has 4 N–H and O–H groups in total. The maximum atomic E-state index is 11.1. The minimum atomic E-state index is -4.49. The zero-order valence-corrected chi connectivity index (χ0v) is 20.3. The third-order valence-electron chi connectivity index (χ3n) is 7.66. The average Bonchev–Trinajstić information content (AvgIpc) is 3.23. The van der Waals surface area contributed by atoms with E-state index in [4.69, 9.17) is 25.0 Å². The van der Waals surface area contributed by atoms with Crippen LogP contribution >= 0.6 is 7.82 Å². The van der Waals surface area contributed by atoms with Crippen molar-refractivity contribution >= 4 is 18.7 Å². The molecule has 1 saturated carbocycles. The topological polar surface area (TPSA) is 106 Å². The molecule has 0 amide bonds. The van der Waals surface area contributed by atoms with Gasteiger partial charge in [0.1, 0.15) is 0 Å². The summed E-state index contributed by atoms with van der Waals surface area (Å²) >= 11 is 0. The van der Waals surface area contributed by atoms with Gasteiger partial charge in [-0.15, -0.1) is 0 Å². The van der Waals surface area contributed by atoms with Gasteiger partial charge >= 0.3 is 7.82 Å². The summed E-state index contributed by atoms with van der Waals surface area (Å²) in [6.45, 7) is -0.105. The Balaban J connectivity index is 1.18. The van der Waals surface area contributed by atoms with Gasteiger partial charge in [-0.05, 0) is 92.0 Å². The van der Waals surface area contributed by atoms with Crippen LogP contribution in [0.1, 0.15) is 60.4 Å². The molecular formula is C27H33N2O4P. The molecule has 6 nitrogen and oxygen atoms in total. The molecule has 180 valence electrons. The van der Waals surface area contributed by atoms with Crippen molar-refractivity contribution in [1.82, 2.24) is 4.98 Å². The van der Waals surface area contributed by atoms with Crippen LogP contribution in [-0.4, -0.2) is 26.9 Å². The minimum Gasteiger partial charge on any atom is -0.323 e. The van der Waals surface area contributed by atoms with E-state index in [1.54, 1.807) is 0 Å². The maximum absolute atomic E-state index is 11.1. The zero-order valence-electron chi connectivity index (χ0n) is 19.4. The van der Waals surface area contributed by atoms with Gasteiger partial charge in [0.15, 0.2) is 0 Å². The van der Waals surface area contributed by atoms with E-state index in [-0.39, 0.29) is 6.61 Å². The fraction of sp³-hybridized carbons (Fsp3) is 0.444. The second-order valence-electron chi connectivity index (χ2n) is 10.2. The third-order valence-corrected chi connectivity index (χ3v) is 8.13. The second kappa shape index (κ2) is 9.52. The lowest BCUT2D eigenvalue weighted by molar-refractivity contribution is 0.153. The highest BCUT2D eigenvalue weighted by molar-refractivity contribution is 7.46. The van der Waals surface area contributed by atoms with E-state index in [1.807, 2.05) is 6.07 Å². The van der Waals surface area contributed by atoms with E-state index in [0.717, 1.165) is 37.6 Å².